The van der Waals surface area contributed by atoms with Crippen LogP contribution in [0.25, 0.3) is 0 Å². The molecule has 3 aliphatic rings. The van der Waals surface area contributed by atoms with Crippen molar-refractivity contribution in [3.05, 3.63) is 126 Å². The van der Waals surface area contributed by atoms with Crippen LogP contribution in [-0.4, -0.2) is 6.71 Å². The monoisotopic (exact) mass is 530 g/mol. The van der Waals surface area contributed by atoms with Crippen LogP contribution < -0.4 is 26.2 Å². The molecule has 1 aliphatic carbocycles. The van der Waals surface area contributed by atoms with E-state index in [4.69, 9.17) is 0 Å². The van der Waals surface area contributed by atoms with Crippen LogP contribution in [-0.2, 0) is 0 Å². The summed E-state index contributed by atoms with van der Waals surface area (Å²) in [5.74, 6) is 0.608. The Kier molecular flexibility index (Phi) is 5.81. The van der Waals surface area contributed by atoms with Crippen LogP contribution in [0.2, 0.25) is 0 Å². The average Bonchev–Trinajstić information content (AvgIpc) is 3.02. The fraction of sp³-hybridized carbons (Fsp3) is 0.211. The third kappa shape index (κ3) is 3.86. The summed E-state index contributed by atoms with van der Waals surface area (Å²) in [6.45, 7) is 4.61. The molecule has 0 radical (unpaired) electrons. The Bertz CT molecular complexity index is 1770. The summed E-state index contributed by atoms with van der Waals surface area (Å²) < 4.78 is 0. The smallest absolute Gasteiger partial charge is 0.252 e. The Labute approximate surface area is 244 Å². The molecule has 5 aromatic carbocycles. The number of benzene rings is 5. The molecule has 2 nitrogen and oxygen atoms in total. The second kappa shape index (κ2) is 9.70. The molecule has 0 saturated heterocycles. The highest BCUT2D eigenvalue weighted by Gasteiger charge is 2.43. The molecule has 0 amide bonds. The number of hydrogen-bond acceptors (Lipinski definition) is 2. The molecule has 200 valence electrons. The normalized spacial score (nSPS) is 15.8. The molecular formula is C38H35BN2. The molecule has 2 aliphatic heterocycles. The van der Waals surface area contributed by atoms with Crippen LogP contribution in [0.5, 0.6) is 0 Å². The van der Waals surface area contributed by atoms with E-state index in [1.807, 2.05) is 0 Å². The van der Waals surface area contributed by atoms with Crippen molar-refractivity contribution in [2.75, 3.05) is 9.80 Å². The summed E-state index contributed by atoms with van der Waals surface area (Å²) in [5.41, 5.74) is 16.0. The molecule has 0 atom stereocenters. The summed E-state index contributed by atoms with van der Waals surface area (Å²) in [6, 6.07) is 41.2. The Hall–Kier alpha value is -4.24. The zero-order chi connectivity index (χ0) is 27.5. The van der Waals surface area contributed by atoms with Crippen molar-refractivity contribution < 1.29 is 0 Å². The number of aryl methyl sites for hydroxylation is 2. The molecule has 0 N–H and O–H groups in total. The predicted octanol–water partition coefficient (Wildman–Crippen LogP) is 8.43. The summed E-state index contributed by atoms with van der Waals surface area (Å²) in [4.78, 5) is 5.11. The summed E-state index contributed by atoms with van der Waals surface area (Å²) in [6.07, 6.45) is 6.58. The number of para-hydroxylation sites is 3. The van der Waals surface area contributed by atoms with Crippen LogP contribution in [0.3, 0.4) is 0 Å². The highest BCUT2D eigenvalue weighted by Crippen LogP contribution is 2.47. The van der Waals surface area contributed by atoms with Gasteiger partial charge in [-0.15, -0.1) is 0 Å². The Morgan fingerprint density at radius 2 is 1.12 bits per heavy atom. The Morgan fingerprint density at radius 3 is 1.78 bits per heavy atom. The molecule has 5 aromatic rings. The van der Waals surface area contributed by atoms with Gasteiger partial charge in [0.25, 0.3) is 6.71 Å². The van der Waals surface area contributed by atoms with E-state index in [9.17, 15) is 0 Å². The topological polar surface area (TPSA) is 6.48 Å². The van der Waals surface area contributed by atoms with Gasteiger partial charge in [-0.3, -0.25) is 0 Å². The maximum atomic E-state index is 2.56. The van der Waals surface area contributed by atoms with Gasteiger partial charge < -0.3 is 9.80 Å². The van der Waals surface area contributed by atoms with Crippen molar-refractivity contribution in [1.82, 2.24) is 0 Å². The van der Waals surface area contributed by atoms with Crippen LogP contribution in [0.4, 0.5) is 34.1 Å². The number of anilines is 6. The van der Waals surface area contributed by atoms with Crippen LogP contribution in [0.1, 0.15) is 54.7 Å². The van der Waals surface area contributed by atoms with Crippen molar-refractivity contribution in [3.8, 4) is 0 Å². The van der Waals surface area contributed by atoms with E-state index in [0.717, 1.165) is 0 Å². The van der Waals surface area contributed by atoms with Crippen molar-refractivity contribution in [3.63, 3.8) is 0 Å². The molecule has 8 rings (SSSR count). The van der Waals surface area contributed by atoms with E-state index in [2.05, 4.69) is 133 Å². The molecule has 3 heteroatoms. The van der Waals surface area contributed by atoms with Gasteiger partial charge in [0.1, 0.15) is 0 Å². The van der Waals surface area contributed by atoms with Gasteiger partial charge in [0.2, 0.25) is 0 Å². The molecular weight excluding hydrogens is 495 g/mol. The van der Waals surface area contributed by atoms with Gasteiger partial charge in [-0.2, -0.15) is 0 Å². The Balaban J connectivity index is 1.48. The van der Waals surface area contributed by atoms with Gasteiger partial charge in [-0.25, -0.2) is 0 Å². The third-order valence-corrected chi connectivity index (χ3v) is 9.63. The zero-order valence-corrected chi connectivity index (χ0v) is 24.0. The molecule has 0 unspecified atom stereocenters. The molecule has 1 fully saturated rings. The van der Waals surface area contributed by atoms with E-state index >= 15 is 0 Å². The molecule has 2 heterocycles. The van der Waals surface area contributed by atoms with Gasteiger partial charge in [0.05, 0.1) is 0 Å². The molecule has 0 spiro atoms. The number of rotatable bonds is 3. The SMILES string of the molecule is Cc1ccc(N2c3ccccc3B3c4ccccc4N(c4ccccc4C)c4cc(C5CCCCC5)cc2c43)cc1. The molecule has 0 bridgehead atoms. The first-order valence-electron chi connectivity index (χ1n) is 15.3. The van der Waals surface area contributed by atoms with Gasteiger partial charge >= 0.3 is 0 Å². The summed E-state index contributed by atoms with van der Waals surface area (Å²) >= 11 is 0. The van der Waals surface area contributed by atoms with E-state index in [1.165, 1.54) is 99.3 Å². The third-order valence-electron chi connectivity index (χ3n) is 9.63. The summed E-state index contributed by atoms with van der Waals surface area (Å²) in [7, 11) is 0. The highest BCUT2D eigenvalue weighted by atomic mass is 15.2. The standard InChI is InChI=1S/C38H35BN2/c1-26-20-22-30(23-21-26)40-34-18-10-7-15-31(34)39-32-16-8-11-19-35(32)41(33-17-9-6-12-27(33)2)37-25-29(24-36(40)38(37)39)28-13-4-3-5-14-28/h6-12,15-25,28H,3-5,13-14H2,1-2H3. The van der Waals surface area contributed by atoms with Gasteiger partial charge in [0, 0.05) is 34.1 Å². The fourth-order valence-electron chi connectivity index (χ4n) is 7.64. The lowest BCUT2D eigenvalue weighted by Gasteiger charge is -2.45. The minimum atomic E-state index is 0.190. The second-order valence-corrected chi connectivity index (χ2v) is 12.2. The van der Waals surface area contributed by atoms with Crippen molar-refractivity contribution in [2.24, 2.45) is 0 Å². The van der Waals surface area contributed by atoms with Crippen LogP contribution in [0, 0.1) is 13.8 Å². The van der Waals surface area contributed by atoms with E-state index in [0.29, 0.717) is 5.92 Å². The summed E-state index contributed by atoms with van der Waals surface area (Å²) in [5, 5.41) is 0. The second-order valence-electron chi connectivity index (χ2n) is 12.2. The minimum absolute atomic E-state index is 0.190. The number of nitrogens with zero attached hydrogens (tertiary/aromatic N) is 2. The van der Waals surface area contributed by atoms with E-state index in [1.54, 1.807) is 0 Å². The average molecular weight is 531 g/mol. The van der Waals surface area contributed by atoms with E-state index < -0.39 is 0 Å². The lowest BCUT2D eigenvalue weighted by atomic mass is 9.33. The lowest BCUT2D eigenvalue weighted by molar-refractivity contribution is 0.444. The van der Waals surface area contributed by atoms with Crippen LogP contribution >= 0.6 is 0 Å². The maximum absolute atomic E-state index is 2.56. The van der Waals surface area contributed by atoms with Crippen LogP contribution in [0.15, 0.2) is 109 Å². The first-order valence-corrected chi connectivity index (χ1v) is 15.3. The number of fused-ring (bicyclic) bond motifs is 4. The van der Waals surface area contributed by atoms with Crippen molar-refractivity contribution >= 4 is 57.2 Å². The van der Waals surface area contributed by atoms with Crippen molar-refractivity contribution in [1.29, 1.82) is 0 Å². The number of hydrogen-bond donors (Lipinski definition) is 0. The van der Waals surface area contributed by atoms with Gasteiger partial charge in [0.15, 0.2) is 0 Å². The Morgan fingerprint density at radius 1 is 0.561 bits per heavy atom. The predicted molar refractivity (Wildman–Crippen MR) is 176 cm³/mol. The zero-order valence-electron chi connectivity index (χ0n) is 24.0. The minimum Gasteiger partial charge on any atom is -0.311 e. The molecule has 1 saturated carbocycles. The van der Waals surface area contributed by atoms with Gasteiger partial charge in [-0.1, -0.05) is 91.6 Å². The molecule has 41 heavy (non-hydrogen) atoms. The van der Waals surface area contributed by atoms with Crippen molar-refractivity contribution in [2.45, 2.75) is 51.9 Å². The maximum Gasteiger partial charge on any atom is 0.252 e. The quantitative estimate of drug-likeness (QED) is 0.212. The largest absolute Gasteiger partial charge is 0.311 e. The first kappa shape index (κ1) is 24.6. The first-order chi connectivity index (χ1) is 20.2. The van der Waals surface area contributed by atoms with Gasteiger partial charge in [-0.05, 0) is 103 Å². The lowest BCUT2D eigenvalue weighted by Crippen LogP contribution is -2.61. The highest BCUT2D eigenvalue weighted by molar-refractivity contribution is 7.00. The fourth-order valence-corrected chi connectivity index (χ4v) is 7.64. The van der Waals surface area contributed by atoms with E-state index in [-0.39, 0.29) is 6.71 Å². The molecule has 0 aromatic heterocycles.